The van der Waals surface area contributed by atoms with Crippen LogP contribution in [0.1, 0.15) is 22.8 Å². The first-order valence-electron chi connectivity index (χ1n) is 8.37. The maximum absolute atomic E-state index is 12.2. The average Bonchev–Trinajstić information content (AvgIpc) is 3.15. The summed E-state index contributed by atoms with van der Waals surface area (Å²) in [6, 6.07) is 16.9. The lowest BCUT2D eigenvalue weighted by Crippen LogP contribution is -2.44. The lowest BCUT2D eigenvalue weighted by atomic mass is 10.1. The first-order valence-corrected chi connectivity index (χ1v) is 10.1. The number of hydrazine groups is 1. The van der Waals surface area contributed by atoms with Crippen molar-refractivity contribution in [2.45, 2.75) is 23.4 Å². The van der Waals surface area contributed by atoms with Gasteiger partial charge in [0.05, 0.1) is 10.9 Å². The highest BCUT2D eigenvalue weighted by Crippen LogP contribution is 2.30. The summed E-state index contributed by atoms with van der Waals surface area (Å²) in [6.07, 6.45) is 0. The summed E-state index contributed by atoms with van der Waals surface area (Å²) in [4.78, 5) is 28.8. The first kappa shape index (κ1) is 19.1. The third-order valence-corrected chi connectivity index (χ3v) is 5.88. The van der Waals surface area contributed by atoms with Crippen molar-refractivity contribution in [3.05, 3.63) is 71.1 Å². The molecule has 0 aliphatic rings. The van der Waals surface area contributed by atoms with Crippen LogP contribution >= 0.6 is 23.1 Å². The summed E-state index contributed by atoms with van der Waals surface area (Å²) in [7, 11) is 0. The van der Waals surface area contributed by atoms with Crippen molar-refractivity contribution in [3.8, 4) is 11.3 Å². The molecule has 0 aliphatic carbocycles. The lowest BCUT2D eigenvalue weighted by molar-refractivity contribution is -0.121. The molecule has 27 heavy (non-hydrogen) atoms. The number of nitrogens with one attached hydrogen (secondary N) is 2. The second-order valence-corrected chi connectivity index (χ2v) is 8.38. The molecule has 0 saturated carbocycles. The van der Waals surface area contributed by atoms with Gasteiger partial charge in [-0.3, -0.25) is 20.4 Å². The van der Waals surface area contributed by atoms with Gasteiger partial charge in [-0.15, -0.1) is 11.3 Å². The van der Waals surface area contributed by atoms with Crippen molar-refractivity contribution in [2.24, 2.45) is 0 Å². The van der Waals surface area contributed by atoms with E-state index in [1.807, 2.05) is 42.6 Å². The molecule has 3 aromatic rings. The predicted octanol–water partition coefficient (Wildman–Crippen LogP) is 4.06. The topological polar surface area (TPSA) is 71.1 Å². The van der Waals surface area contributed by atoms with Crippen LogP contribution in [-0.4, -0.2) is 22.0 Å². The molecular weight excluding hydrogens is 378 g/mol. The fraction of sp³-hybridized carbons (Fsp3) is 0.150. The fourth-order valence-corrected chi connectivity index (χ4v) is 4.23. The van der Waals surface area contributed by atoms with Gasteiger partial charge >= 0.3 is 0 Å². The first-order chi connectivity index (χ1) is 13.0. The quantitative estimate of drug-likeness (QED) is 0.503. The Kier molecular flexibility index (Phi) is 6.26. The fourth-order valence-electron chi connectivity index (χ4n) is 2.25. The Bertz CT molecular complexity index is 924. The lowest BCUT2D eigenvalue weighted by Gasteiger charge is -2.11. The molecule has 0 spiro atoms. The van der Waals surface area contributed by atoms with Crippen LogP contribution in [0.2, 0.25) is 0 Å². The van der Waals surface area contributed by atoms with E-state index >= 15 is 0 Å². The number of thioether (sulfide) groups is 1. The highest BCUT2D eigenvalue weighted by molar-refractivity contribution is 8.02. The molecule has 5 nitrogen and oxygen atoms in total. The molecule has 1 heterocycles. The average molecular weight is 398 g/mol. The summed E-state index contributed by atoms with van der Waals surface area (Å²) in [5.41, 5.74) is 8.53. The minimum absolute atomic E-state index is 0.281. The summed E-state index contributed by atoms with van der Waals surface area (Å²) in [5.74, 6) is -0.631. The molecule has 1 aromatic heterocycles. The molecule has 0 fully saturated rings. The molecule has 1 atom stereocenters. The number of hydrogen-bond donors (Lipinski definition) is 2. The van der Waals surface area contributed by atoms with Crippen LogP contribution in [0.5, 0.6) is 0 Å². The van der Waals surface area contributed by atoms with Gasteiger partial charge in [0.2, 0.25) is 0 Å². The Morgan fingerprint density at radius 1 is 1.04 bits per heavy atom. The number of carbonyl (C=O) groups excluding carboxylic acids is 2. The van der Waals surface area contributed by atoms with Crippen molar-refractivity contribution in [1.29, 1.82) is 0 Å². The summed E-state index contributed by atoms with van der Waals surface area (Å²) < 4.78 is 0.808. The second-order valence-electron chi connectivity index (χ2n) is 5.93. The van der Waals surface area contributed by atoms with Gasteiger partial charge in [-0.2, -0.15) is 0 Å². The Morgan fingerprint density at radius 3 is 2.44 bits per heavy atom. The van der Waals surface area contributed by atoms with Crippen molar-refractivity contribution < 1.29 is 9.59 Å². The van der Waals surface area contributed by atoms with E-state index in [2.05, 4.69) is 15.8 Å². The summed E-state index contributed by atoms with van der Waals surface area (Å²) in [5, 5.41) is 1.59. The number of carbonyl (C=O) groups is 2. The van der Waals surface area contributed by atoms with Crippen LogP contribution in [0.15, 0.2) is 64.3 Å². The van der Waals surface area contributed by atoms with Crippen LogP contribution in [0.25, 0.3) is 11.3 Å². The smallest absolute Gasteiger partial charge is 0.269 e. The standard InChI is InChI=1S/C20H19N3O2S2/c1-13-8-10-15(11-9-13)17-12-26-20(21-17)27-14(2)18(24)22-23-19(25)16-6-4-3-5-7-16/h3-12,14H,1-2H3,(H,22,24)(H,23,25)/t14-/m0/s1. The number of aromatic nitrogens is 1. The third kappa shape index (κ3) is 5.18. The Balaban J connectivity index is 1.54. The number of amides is 2. The molecule has 0 radical (unpaired) electrons. The number of aryl methyl sites for hydroxylation is 1. The monoisotopic (exact) mass is 397 g/mol. The third-order valence-electron chi connectivity index (χ3n) is 3.81. The molecule has 3 rings (SSSR count). The summed E-state index contributed by atoms with van der Waals surface area (Å²) >= 11 is 2.86. The van der Waals surface area contributed by atoms with Crippen molar-refractivity contribution in [1.82, 2.24) is 15.8 Å². The van der Waals surface area contributed by atoms with Gasteiger partial charge in [-0.05, 0) is 26.0 Å². The van der Waals surface area contributed by atoms with Crippen LogP contribution < -0.4 is 10.9 Å². The van der Waals surface area contributed by atoms with E-state index in [1.54, 1.807) is 31.2 Å². The van der Waals surface area contributed by atoms with Gasteiger partial charge in [0, 0.05) is 16.5 Å². The maximum Gasteiger partial charge on any atom is 0.269 e. The Labute approximate surface area is 166 Å². The highest BCUT2D eigenvalue weighted by atomic mass is 32.2. The van der Waals surface area contributed by atoms with Crippen LogP contribution in [0, 0.1) is 6.92 Å². The van der Waals surface area contributed by atoms with Gasteiger partial charge in [0.25, 0.3) is 11.8 Å². The highest BCUT2D eigenvalue weighted by Gasteiger charge is 2.17. The van der Waals surface area contributed by atoms with Crippen LogP contribution in [0.3, 0.4) is 0 Å². The van der Waals surface area contributed by atoms with E-state index in [1.165, 1.54) is 28.7 Å². The molecule has 0 saturated heterocycles. The largest absolute Gasteiger partial charge is 0.272 e. The zero-order chi connectivity index (χ0) is 19.2. The second kappa shape index (κ2) is 8.83. The molecule has 0 unspecified atom stereocenters. The minimum Gasteiger partial charge on any atom is -0.272 e. The minimum atomic E-state index is -0.391. The molecular formula is C20H19N3O2S2. The van der Waals surface area contributed by atoms with Gasteiger partial charge < -0.3 is 0 Å². The van der Waals surface area contributed by atoms with Gasteiger partial charge in [0.1, 0.15) is 0 Å². The molecule has 2 aromatic carbocycles. The number of nitrogens with zero attached hydrogens (tertiary/aromatic N) is 1. The molecule has 0 bridgehead atoms. The predicted molar refractivity (Wildman–Crippen MR) is 110 cm³/mol. The molecule has 2 N–H and O–H groups in total. The van der Waals surface area contributed by atoms with Gasteiger partial charge in [-0.25, -0.2) is 4.98 Å². The van der Waals surface area contributed by atoms with Crippen LogP contribution in [0.4, 0.5) is 0 Å². The van der Waals surface area contributed by atoms with E-state index in [0.29, 0.717) is 5.56 Å². The van der Waals surface area contributed by atoms with Crippen molar-refractivity contribution in [2.75, 3.05) is 0 Å². The number of benzene rings is 2. The molecule has 7 heteroatoms. The van der Waals surface area contributed by atoms with Crippen molar-refractivity contribution in [3.63, 3.8) is 0 Å². The zero-order valence-electron chi connectivity index (χ0n) is 14.9. The van der Waals surface area contributed by atoms with Gasteiger partial charge in [-0.1, -0.05) is 59.8 Å². The van der Waals surface area contributed by atoms with E-state index in [-0.39, 0.29) is 11.8 Å². The number of hydrogen-bond acceptors (Lipinski definition) is 5. The van der Waals surface area contributed by atoms with Crippen molar-refractivity contribution >= 4 is 34.9 Å². The van der Waals surface area contributed by atoms with E-state index in [9.17, 15) is 9.59 Å². The SMILES string of the molecule is Cc1ccc(-c2csc(S[C@@H](C)C(=O)NNC(=O)c3ccccc3)n2)cc1. The molecule has 0 aliphatic heterocycles. The zero-order valence-corrected chi connectivity index (χ0v) is 16.6. The maximum atomic E-state index is 12.2. The van der Waals surface area contributed by atoms with E-state index in [4.69, 9.17) is 0 Å². The van der Waals surface area contributed by atoms with Gasteiger partial charge in [0.15, 0.2) is 4.34 Å². The number of rotatable bonds is 5. The van der Waals surface area contributed by atoms with E-state index < -0.39 is 5.25 Å². The summed E-state index contributed by atoms with van der Waals surface area (Å²) in [6.45, 7) is 3.82. The molecule has 138 valence electrons. The molecule has 2 amide bonds. The number of thiazole rings is 1. The van der Waals surface area contributed by atoms with E-state index in [0.717, 1.165) is 15.6 Å². The Morgan fingerprint density at radius 2 is 1.74 bits per heavy atom. The normalized spacial score (nSPS) is 11.6. The van der Waals surface area contributed by atoms with Crippen LogP contribution in [-0.2, 0) is 4.79 Å². The Hall–Kier alpha value is -2.64.